The van der Waals surface area contributed by atoms with E-state index in [-0.39, 0.29) is 24.7 Å². The molecule has 0 amide bonds. The minimum absolute atomic E-state index is 0.00789. The molecule has 0 aliphatic carbocycles. The van der Waals surface area contributed by atoms with Gasteiger partial charge in [-0.1, -0.05) is 0 Å². The largest absolute Gasteiger partial charge is 0.355 e. The van der Waals surface area contributed by atoms with Crippen molar-refractivity contribution >= 4 is 11.5 Å². The van der Waals surface area contributed by atoms with Gasteiger partial charge in [0.2, 0.25) is 11.6 Å². The van der Waals surface area contributed by atoms with Crippen LogP contribution in [0.1, 0.15) is 11.4 Å². The van der Waals surface area contributed by atoms with Crippen molar-refractivity contribution in [1.82, 2.24) is 19.7 Å². The smallest absolute Gasteiger partial charge is 0.324 e. The second kappa shape index (κ2) is 6.49. The van der Waals surface area contributed by atoms with Gasteiger partial charge in [0.15, 0.2) is 0 Å². The van der Waals surface area contributed by atoms with Gasteiger partial charge in [-0.05, 0) is 19.9 Å². The third-order valence-corrected chi connectivity index (χ3v) is 3.00. The number of rotatable bonds is 5. The van der Waals surface area contributed by atoms with Crippen molar-refractivity contribution in [2.75, 3.05) is 18.0 Å². The average Bonchev–Trinajstić information content (AvgIpc) is 2.84. The Morgan fingerprint density at radius 2 is 1.96 bits per heavy atom. The number of aryl methyl sites for hydroxylation is 2. The van der Waals surface area contributed by atoms with Gasteiger partial charge in [0, 0.05) is 5.69 Å². The predicted molar refractivity (Wildman–Crippen MR) is 78.7 cm³/mol. The molecule has 0 bridgehead atoms. The van der Waals surface area contributed by atoms with Gasteiger partial charge in [0.05, 0.1) is 22.8 Å². The Bertz CT molecular complexity index is 813. The Morgan fingerprint density at radius 1 is 1.30 bits per heavy atom. The van der Waals surface area contributed by atoms with Gasteiger partial charge in [-0.15, -0.1) is 0 Å². The molecule has 0 spiro atoms. The standard InChI is InChI=1S/C13H12N8O2/c1-9-7-10(2)20(18-9)13-11(21(22)23)12(16-8-17-13)19(5-3-14)6-4-15/h7-8H,5-6H2,1-2H3. The number of hydrogen-bond acceptors (Lipinski definition) is 8. The van der Waals surface area contributed by atoms with E-state index in [0.717, 1.165) is 6.33 Å². The van der Waals surface area contributed by atoms with Crippen LogP contribution in [-0.4, -0.2) is 37.8 Å². The van der Waals surface area contributed by atoms with Crippen molar-refractivity contribution in [1.29, 1.82) is 10.5 Å². The fourth-order valence-corrected chi connectivity index (χ4v) is 2.13. The minimum atomic E-state index is -0.636. The molecule has 0 saturated carbocycles. The summed E-state index contributed by atoms with van der Waals surface area (Å²) in [6.45, 7) is 3.09. The van der Waals surface area contributed by atoms with Crippen molar-refractivity contribution in [2.45, 2.75) is 13.8 Å². The van der Waals surface area contributed by atoms with Gasteiger partial charge in [0.25, 0.3) is 0 Å². The van der Waals surface area contributed by atoms with E-state index in [2.05, 4.69) is 15.1 Å². The maximum absolute atomic E-state index is 11.5. The first-order valence-electron chi connectivity index (χ1n) is 6.51. The summed E-state index contributed by atoms with van der Waals surface area (Å²) in [4.78, 5) is 20.0. The Hall–Kier alpha value is -3.53. The summed E-state index contributed by atoms with van der Waals surface area (Å²) in [6, 6.07) is 5.48. The SMILES string of the molecule is Cc1cc(C)n(-c2ncnc(N(CC#N)CC#N)c2[N+](=O)[O-])n1. The van der Waals surface area contributed by atoms with E-state index in [1.807, 2.05) is 12.1 Å². The van der Waals surface area contributed by atoms with E-state index in [0.29, 0.717) is 11.4 Å². The normalized spacial score (nSPS) is 9.91. The fraction of sp³-hybridized carbons (Fsp3) is 0.308. The van der Waals surface area contributed by atoms with Crippen LogP contribution in [0.4, 0.5) is 11.5 Å². The van der Waals surface area contributed by atoms with Gasteiger partial charge >= 0.3 is 5.69 Å². The van der Waals surface area contributed by atoms with Crippen LogP contribution in [0.3, 0.4) is 0 Å². The highest BCUT2D eigenvalue weighted by atomic mass is 16.6. The van der Waals surface area contributed by atoms with Crippen molar-refractivity contribution in [3.05, 3.63) is 33.9 Å². The molecule has 0 unspecified atom stereocenters. The first kappa shape index (κ1) is 15.9. The summed E-state index contributed by atoms with van der Waals surface area (Å²) in [5.41, 5.74) is 0.953. The lowest BCUT2D eigenvalue weighted by atomic mass is 10.3. The zero-order chi connectivity index (χ0) is 17.0. The molecule has 10 nitrogen and oxygen atoms in total. The number of nitrogens with zero attached hydrogens (tertiary/aromatic N) is 8. The van der Waals surface area contributed by atoms with Gasteiger partial charge in [-0.25, -0.2) is 14.6 Å². The molecule has 0 aliphatic rings. The van der Waals surface area contributed by atoms with Crippen LogP contribution in [0.25, 0.3) is 5.82 Å². The van der Waals surface area contributed by atoms with Gasteiger partial charge in [0.1, 0.15) is 19.4 Å². The summed E-state index contributed by atoms with van der Waals surface area (Å²) >= 11 is 0. The monoisotopic (exact) mass is 312 g/mol. The third-order valence-electron chi connectivity index (χ3n) is 3.00. The quantitative estimate of drug-likeness (QED) is 0.453. The molecule has 2 aromatic heterocycles. The van der Waals surface area contributed by atoms with E-state index >= 15 is 0 Å². The average molecular weight is 312 g/mol. The molecule has 0 aliphatic heterocycles. The Balaban J connectivity index is 2.69. The molecule has 10 heteroatoms. The van der Waals surface area contributed by atoms with Gasteiger partial charge in [-0.3, -0.25) is 10.1 Å². The molecule has 2 heterocycles. The number of hydrogen-bond donors (Lipinski definition) is 0. The van der Waals surface area contributed by atoms with Crippen LogP contribution < -0.4 is 4.90 Å². The molecule has 0 radical (unpaired) electrons. The molecule has 0 N–H and O–H groups in total. The number of aromatic nitrogens is 4. The highest BCUT2D eigenvalue weighted by Crippen LogP contribution is 2.30. The van der Waals surface area contributed by atoms with Crippen molar-refractivity contribution in [3.63, 3.8) is 0 Å². The maximum atomic E-state index is 11.5. The zero-order valence-corrected chi connectivity index (χ0v) is 12.5. The van der Waals surface area contributed by atoms with E-state index in [1.54, 1.807) is 19.9 Å². The first-order valence-corrected chi connectivity index (χ1v) is 6.51. The lowest BCUT2D eigenvalue weighted by Crippen LogP contribution is -2.26. The first-order chi connectivity index (χ1) is 11.0. The topological polar surface area (TPSA) is 138 Å². The van der Waals surface area contributed by atoms with Crippen molar-refractivity contribution < 1.29 is 4.92 Å². The second-order valence-corrected chi connectivity index (χ2v) is 4.64. The number of anilines is 1. The second-order valence-electron chi connectivity index (χ2n) is 4.64. The van der Waals surface area contributed by atoms with Crippen LogP contribution in [0, 0.1) is 46.6 Å². The zero-order valence-electron chi connectivity index (χ0n) is 12.5. The van der Waals surface area contributed by atoms with Crippen molar-refractivity contribution in [3.8, 4) is 18.0 Å². The Morgan fingerprint density at radius 3 is 2.43 bits per heavy atom. The van der Waals surface area contributed by atoms with Crippen LogP contribution in [0.15, 0.2) is 12.4 Å². The van der Waals surface area contributed by atoms with E-state index in [4.69, 9.17) is 10.5 Å². The molecular formula is C13H12N8O2. The highest BCUT2D eigenvalue weighted by molar-refractivity contribution is 5.66. The van der Waals surface area contributed by atoms with Crippen molar-refractivity contribution in [2.24, 2.45) is 0 Å². The molecule has 0 aromatic carbocycles. The molecule has 0 atom stereocenters. The molecule has 116 valence electrons. The van der Waals surface area contributed by atoms with Crippen LogP contribution in [-0.2, 0) is 0 Å². The minimum Gasteiger partial charge on any atom is -0.324 e. The van der Waals surface area contributed by atoms with Crippen LogP contribution in [0.2, 0.25) is 0 Å². The molecule has 0 fully saturated rings. The molecule has 2 rings (SSSR count). The fourth-order valence-electron chi connectivity index (χ4n) is 2.13. The third kappa shape index (κ3) is 3.06. The summed E-state index contributed by atoms with van der Waals surface area (Å²) in [5, 5.41) is 33.4. The molecule has 0 saturated heterocycles. The molecular weight excluding hydrogens is 300 g/mol. The van der Waals surface area contributed by atoms with Crippen LogP contribution >= 0.6 is 0 Å². The number of nitriles is 2. The molecule has 2 aromatic rings. The lowest BCUT2D eigenvalue weighted by molar-refractivity contribution is -0.384. The lowest BCUT2D eigenvalue weighted by Gasteiger charge is -2.17. The number of nitro groups is 1. The summed E-state index contributed by atoms with van der Waals surface area (Å²) < 4.78 is 1.34. The van der Waals surface area contributed by atoms with E-state index in [1.165, 1.54) is 9.58 Å². The maximum Gasteiger partial charge on any atom is 0.355 e. The molecule has 23 heavy (non-hydrogen) atoms. The van der Waals surface area contributed by atoms with Crippen LogP contribution in [0.5, 0.6) is 0 Å². The van der Waals surface area contributed by atoms with Gasteiger partial charge < -0.3 is 4.90 Å². The van der Waals surface area contributed by atoms with Gasteiger partial charge in [-0.2, -0.15) is 15.6 Å². The summed E-state index contributed by atoms with van der Waals surface area (Å²) in [6.07, 6.45) is 1.15. The summed E-state index contributed by atoms with van der Waals surface area (Å²) in [5.74, 6) is -0.0952. The highest BCUT2D eigenvalue weighted by Gasteiger charge is 2.29. The Kier molecular flexibility index (Phi) is 4.47. The Labute approximate surface area is 131 Å². The van der Waals surface area contributed by atoms with E-state index < -0.39 is 10.6 Å². The predicted octanol–water partition coefficient (Wildman–Crippen LogP) is 1.04. The van der Waals surface area contributed by atoms with E-state index in [9.17, 15) is 10.1 Å². The summed E-state index contributed by atoms with van der Waals surface area (Å²) in [7, 11) is 0.